The average Bonchev–Trinajstić information content (AvgIpc) is 3.40. The Hall–Kier alpha value is -3.41. The lowest BCUT2D eigenvalue weighted by molar-refractivity contribution is -0.124. The maximum absolute atomic E-state index is 13.4. The van der Waals surface area contributed by atoms with Crippen LogP contribution in [0.4, 0.5) is 4.39 Å². The van der Waals surface area contributed by atoms with Crippen molar-refractivity contribution in [3.8, 4) is 0 Å². The van der Waals surface area contributed by atoms with Gasteiger partial charge in [-0.1, -0.05) is 25.5 Å². The topological polar surface area (TPSA) is 60.1 Å². The number of hydrogen-bond donors (Lipinski definition) is 1. The minimum atomic E-state index is -0.405. The predicted molar refractivity (Wildman–Crippen MR) is 123 cm³/mol. The van der Waals surface area contributed by atoms with Crippen molar-refractivity contribution in [3.63, 3.8) is 0 Å². The van der Waals surface area contributed by atoms with Crippen molar-refractivity contribution >= 4 is 16.9 Å². The molecule has 6 heteroatoms. The number of hydrogen-bond acceptors (Lipinski definition) is 3. The molecule has 0 aliphatic rings. The fourth-order valence-electron chi connectivity index (χ4n) is 4.01. The van der Waals surface area contributed by atoms with Crippen LogP contribution in [0.3, 0.4) is 0 Å². The lowest BCUT2D eigenvalue weighted by Crippen LogP contribution is -2.33. The molecule has 0 fully saturated rings. The lowest BCUT2D eigenvalue weighted by atomic mass is 10.1. The van der Waals surface area contributed by atoms with Crippen molar-refractivity contribution in [2.75, 3.05) is 0 Å². The first kappa shape index (κ1) is 21.8. The number of benzene rings is 2. The Kier molecular flexibility index (Phi) is 6.40. The zero-order valence-corrected chi connectivity index (χ0v) is 18.7. The number of halogens is 1. The number of fused-ring (bicyclic) bond motifs is 1. The van der Waals surface area contributed by atoms with Crippen LogP contribution in [0.25, 0.3) is 11.0 Å². The highest BCUT2D eigenvalue weighted by atomic mass is 19.1. The van der Waals surface area contributed by atoms with Crippen LogP contribution in [0.5, 0.6) is 0 Å². The minimum Gasteiger partial charge on any atom is -0.467 e. The summed E-state index contributed by atoms with van der Waals surface area (Å²) in [5.74, 6) is 1.17. The standard InChI is InChI=1S/C26H28FN3O2/c1-4-6-23(26(31)28-16-21-7-5-12-32-21)30-24-14-18(3)17(2)13-22(24)29-25(30)15-19-8-10-20(27)11-9-19/h5,7-14,23H,4,6,15-16H2,1-3H3,(H,28,31). The highest BCUT2D eigenvalue weighted by Crippen LogP contribution is 2.28. The van der Waals surface area contributed by atoms with Gasteiger partial charge in [0.1, 0.15) is 23.4 Å². The maximum Gasteiger partial charge on any atom is 0.243 e. The van der Waals surface area contributed by atoms with Crippen LogP contribution < -0.4 is 5.32 Å². The Morgan fingerprint density at radius 1 is 1.16 bits per heavy atom. The number of nitrogens with zero attached hydrogens (tertiary/aromatic N) is 2. The summed E-state index contributed by atoms with van der Waals surface area (Å²) >= 11 is 0. The van der Waals surface area contributed by atoms with E-state index in [1.807, 2.05) is 6.07 Å². The summed E-state index contributed by atoms with van der Waals surface area (Å²) in [7, 11) is 0. The minimum absolute atomic E-state index is 0.0684. The van der Waals surface area contributed by atoms with Crippen molar-refractivity contribution in [3.05, 3.63) is 88.9 Å². The summed E-state index contributed by atoms with van der Waals surface area (Å²) in [6.45, 7) is 6.54. The van der Waals surface area contributed by atoms with Gasteiger partial charge in [-0.2, -0.15) is 0 Å². The van der Waals surface area contributed by atoms with Crippen molar-refractivity contribution in [1.82, 2.24) is 14.9 Å². The first-order valence-electron chi connectivity index (χ1n) is 11.0. The summed E-state index contributed by atoms with van der Waals surface area (Å²) in [4.78, 5) is 18.2. The molecule has 4 aromatic rings. The third-order valence-electron chi connectivity index (χ3n) is 5.85. The van der Waals surface area contributed by atoms with Crippen LogP contribution in [-0.2, 0) is 17.8 Å². The van der Waals surface area contributed by atoms with Crippen molar-refractivity contribution in [1.29, 1.82) is 0 Å². The van der Waals surface area contributed by atoms with Gasteiger partial charge >= 0.3 is 0 Å². The molecule has 166 valence electrons. The molecule has 1 N–H and O–H groups in total. The number of carbonyl (C=O) groups is 1. The molecule has 1 amide bonds. The smallest absolute Gasteiger partial charge is 0.243 e. The Bertz CT molecular complexity index is 1210. The predicted octanol–water partition coefficient (Wildman–Crippen LogP) is 5.63. The second kappa shape index (κ2) is 9.39. The average molecular weight is 434 g/mol. The number of nitrogens with one attached hydrogen (secondary N) is 1. The zero-order valence-electron chi connectivity index (χ0n) is 18.7. The molecule has 2 aromatic carbocycles. The number of aryl methyl sites for hydroxylation is 2. The van der Waals surface area contributed by atoms with E-state index in [1.54, 1.807) is 24.5 Å². The van der Waals surface area contributed by atoms with Crippen LogP contribution in [-0.4, -0.2) is 15.5 Å². The van der Waals surface area contributed by atoms with Gasteiger partial charge in [0.2, 0.25) is 5.91 Å². The SMILES string of the molecule is CCCC(C(=O)NCc1ccco1)n1c(Cc2ccc(F)cc2)nc2cc(C)c(C)cc21. The Labute approximate surface area is 187 Å². The van der Waals surface area contributed by atoms with Crippen molar-refractivity contribution in [2.45, 2.75) is 52.6 Å². The van der Waals surface area contributed by atoms with Crippen LogP contribution >= 0.6 is 0 Å². The van der Waals surface area contributed by atoms with E-state index in [2.05, 4.69) is 42.8 Å². The van der Waals surface area contributed by atoms with Crippen LogP contribution in [0.1, 0.15) is 54.1 Å². The van der Waals surface area contributed by atoms with Gasteiger partial charge in [-0.25, -0.2) is 9.37 Å². The van der Waals surface area contributed by atoms with Crippen LogP contribution in [0, 0.1) is 19.7 Å². The van der Waals surface area contributed by atoms with E-state index >= 15 is 0 Å². The first-order valence-corrected chi connectivity index (χ1v) is 11.0. The van der Waals surface area contributed by atoms with Gasteiger partial charge in [-0.3, -0.25) is 4.79 Å². The third kappa shape index (κ3) is 4.59. The van der Waals surface area contributed by atoms with E-state index in [0.29, 0.717) is 25.1 Å². The van der Waals surface area contributed by atoms with E-state index < -0.39 is 6.04 Å². The van der Waals surface area contributed by atoms with E-state index in [0.717, 1.165) is 40.0 Å². The molecule has 0 spiro atoms. The van der Waals surface area contributed by atoms with Crippen LogP contribution in [0.15, 0.2) is 59.2 Å². The lowest BCUT2D eigenvalue weighted by Gasteiger charge is -2.21. The molecule has 0 saturated carbocycles. The Balaban J connectivity index is 1.75. The van der Waals surface area contributed by atoms with Gasteiger partial charge in [0.15, 0.2) is 0 Å². The largest absolute Gasteiger partial charge is 0.467 e. The van der Waals surface area contributed by atoms with Gasteiger partial charge in [0, 0.05) is 6.42 Å². The molecular weight excluding hydrogens is 405 g/mol. The molecule has 0 bridgehead atoms. The second-order valence-corrected chi connectivity index (χ2v) is 8.23. The summed E-state index contributed by atoms with van der Waals surface area (Å²) in [5, 5.41) is 3.02. The summed E-state index contributed by atoms with van der Waals surface area (Å²) in [6, 6.07) is 13.9. The fourth-order valence-corrected chi connectivity index (χ4v) is 4.01. The molecule has 1 unspecified atom stereocenters. The quantitative estimate of drug-likeness (QED) is 0.392. The van der Waals surface area contributed by atoms with E-state index in [1.165, 1.54) is 12.1 Å². The molecule has 2 aromatic heterocycles. The van der Waals surface area contributed by atoms with Gasteiger partial charge in [-0.05, 0) is 73.4 Å². The van der Waals surface area contributed by atoms with Gasteiger partial charge in [0.25, 0.3) is 0 Å². The zero-order chi connectivity index (χ0) is 22.7. The number of furan rings is 1. The van der Waals surface area contributed by atoms with Crippen molar-refractivity contribution < 1.29 is 13.6 Å². The van der Waals surface area contributed by atoms with Crippen LogP contribution in [0.2, 0.25) is 0 Å². The van der Waals surface area contributed by atoms with Gasteiger partial charge < -0.3 is 14.3 Å². The number of imidazole rings is 1. The molecule has 0 radical (unpaired) electrons. The molecule has 4 rings (SSSR count). The fraction of sp³-hybridized carbons (Fsp3) is 0.308. The van der Waals surface area contributed by atoms with E-state index in [-0.39, 0.29) is 11.7 Å². The molecule has 5 nitrogen and oxygen atoms in total. The summed E-state index contributed by atoms with van der Waals surface area (Å²) < 4.78 is 20.8. The third-order valence-corrected chi connectivity index (χ3v) is 5.85. The molecular formula is C26H28FN3O2. The van der Waals surface area contributed by atoms with Crippen molar-refractivity contribution in [2.24, 2.45) is 0 Å². The Morgan fingerprint density at radius 2 is 1.91 bits per heavy atom. The molecule has 32 heavy (non-hydrogen) atoms. The van der Waals surface area contributed by atoms with E-state index in [4.69, 9.17) is 9.40 Å². The van der Waals surface area contributed by atoms with Gasteiger partial charge in [-0.15, -0.1) is 0 Å². The number of amides is 1. The summed E-state index contributed by atoms with van der Waals surface area (Å²) in [5.41, 5.74) is 5.06. The molecule has 0 aliphatic heterocycles. The maximum atomic E-state index is 13.4. The number of carbonyl (C=O) groups excluding carboxylic acids is 1. The molecule has 1 atom stereocenters. The highest BCUT2D eigenvalue weighted by molar-refractivity contribution is 5.85. The second-order valence-electron chi connectivity index (χ2n) is 8.23. The monoisotopic (exact) mass is 433 g/mol. The molecule has 0 saturated heterocycles. The first-order chi connectivity index (χ1) is 15.5. The normalized spacial score (nSPS) is 12.2. The molecule has 2 heterocycles. The number of rotatable bonds is 8. The Morgan fingerprint density at radius 3 is 2.59 bits per heavy atom. The molecule has 0 aliphatic carbocycles. The summed E-state index contributed by atoms with van der Waals surface area (Å²) in [6.07, 6.45) is 3.64. The van der Waals surface area contributed by atoms with Gasteiger partial charge in [0.05, 0.1) is 23.8 Å². The highest BCUT2D eigenvalue weighted by Gasteiger charge is 2.25. The number of aromatic nitrogens is 2. The van der Waals surface area contributed by atoms with E-state index in [9.17, 15) is 9.18 Å².